The summed E-state index contributed by atoms with van der Waals surface area (Å²) in [6.07, 6.45) is 2.68. The Balaban J connectivity index is 2.16. The molecule has 0 spiro atoms. The number of amides is 1. The van der Waals surface area contributed by atoms with Gasteiger partial charge in [-0.3, -0.25) is 0 Å². The fourth-order valence-electron chi connectivity index (χ4n) is 2.72. The fourth-order valence-corrected chi connectivity index (χ4v) is 3.11. The van der Waals surface area contributed by atoms with Gasteiger partial charge in [-0.15, -0.1) is 0 Å². The summed E-state index contributed by atoms with van der Waals surface area (Å²) in [5.74, 6) is -0.747. The minimum Gasteiger partial charge on any atom is -0.477 e. The van der Waals surface area contributed by atoms with Crippen LogP contribution in [0.15, 0.2) is 5.16 Å². The van der Waals surface area contributed by atoms with Gasteiger partial charge in [0.15, 0.2) is 5.16 Å². The molecular weight excluding hydrogens is 356 g/mol. The number of nitrogens with one attached hydrogen (secondary N) is 1. The quantitative estimate of drug-likeness (QED) is 0.592. The molecule has 2 heterocycles. The van der Waals surface area contributed by atoms with Crippen LogP contribution in [0.3, 0.4) is 0 Å². The van der Waals surface area contributed by atoms with E-state index < -0.39 is 11.6 Å². The molecule has 0 saturated carbocycles. The Morgan fingerprint density at radius 3 is 2.62 bits per heavy atom. The van der Waals surface area contributed by atoms with Crippen molar-refractivity contribution in [3.8, 4) is 0 Å². The number of nitrogens with zero attached hydrogens (tertiary/aromatic N) is 3. The third kappa shape index (κ3) is 5.00. The summed E-state index contributed by atoms with van der Waals surface area (Å²) >= 11 is 1.36. The molecule has 2 rings (SSSR count). The molecule has 2 N–H and O–H groups in total. The van der Waals surface area contributed by atoms with E-state index in [4.69, 9.17) is 4.74 Å². The summed E-state index contributed by atoms with van der Waals surface area (Å²) in [6, 6.07) is -0.0880. The van der Waals surface area contributed by atoms with Crippen molar-refractivity contribution in [1.29, 1.82) is 0 Å². The van der Waals surface area contributed by atoms with E-state index in [2.05, 4.69) is 15.3 Å². The summed E-state index contributed by atoms with van der Waals surface area (Å²) in [4.78, 5) is 34.1. The maximum Gasteiger partial charge on any atom is 0.410 e. The lowest BCUT2D eigenvalue weighted by Crippen LogP contribution is -2.36. The van der Waals surface area contributed by atoms with Crippen molar-refractivity contribution in [1.82, 2.24) is 14.9 Å². The smallest absolute Gasteiger partial charge is 0.410 e. The van der Waals surface area contributed by atoms with Crippen molar-refractivity contribution in [2.75, 3.05) is 24.7 Å². The van der Waals surface area contributed by atoms with E-state index in [0.717, 1.165) is 0 Å². The van der Waals surface area contributed by atoms with Gasteiger partial charge < -0.3 is 20.1 Å². The van der Waals surface area contributed by atoms with Crippen molar-refractivity contribution in [3.63, 3.8) is 0 Å². The largest absolute Gasteiger partial charge is 0.477 e. The van der Waals surface area contributed by atoms with E-state index in [0.29, 0.717) is 42.6 Å². The second kappa shape index (κ2) is 8.11. The van der Waals surface area contributed by atoms with E-state index in [1.165, 1.54) is 11.8 Å². The van der Waals surface area contributed by atoms with Gasteiger partial charge in [-0.05, 0) is 39.9 Å². The molecule has 0 bridgehead atoms. The number of likely N-dealkylation sites (tertiary alicyclic amines) is 1. The molecule has 0 aliphatic carbocycles. The molecule has 1 atom stereocenters. The zero-order valence-corrected chi connectivity index (χ0v) is 16.6. The van der Waals surface area contributed by atoms with Crippen molar-refractivity contribution < 1.29 is 19.4 Å². The number of aryl methyl sites for hydroxylation is 1. The molecule has 9 heteroatoms. The third-order valence-electron chi connectivity index (χ3n) is 3.88. The molecule has 144 valence electrons. The predicted molar refractivity (Wildman–Crippen MR) is 100.0 cm³/mol. The highest BCUT2D eigenvalue weighted by Gasteiger charge is 2.31. The molecule has 8 nitrogen and oxygen atoms in total. The normalized spacial score (nSPS) is 17.3. The van der Waals surface area contributed by atoms with Crippen molar-refractivity contribution in [3.05, 3.63) is 11.3 Å². The predicted octanol–water partition coefficient (Wildman–Crippen LogP) is 2.88. The SMILES string of the molecule is CCc1nc(SC)nc(NC2CCN(C(=O)OC(C)(C)C)C2)c1C(=O)O. The van der Waals surface area contributed by atoms with Crippen molar-refractivity contribution in [2.24, 2.45) is 0 Å². The van der Waals surface area contributed by atoms with Crippen LogP contribution in [0.2, 0.25) is 0 Å². The molecule has 1 fully saturated rings. The molecular formula is C17H26N4O4S. The Hall–Kier alpha value is -2.03. The maximum atomic E-state index is 12.2. The molecule has 0 radical (unpaired) electrons. The average Bonchev–Trinajstić information content (AvgIpc) is 3.00. The van der Waals surface area contributed by atoms with Gasteiger partial charge in [0, 0.05) is 19.1 Å². The Bertz CT molecular complexity index is 690. The highest BCUT2D eigenvalue weighted by molar-refractivity contribution is 7.98. The van der Waals surface area contributed by atoms with Crippen molar-refractivity contribution in [2.45, 2.75) is 57.3 Å². The van der Waals surface area contributed by atoms with Gasteiger partial charge in [-0.25, -0.2) is 19.6 Å². The van der Waals surface area contributed by atoms with Crippen LogP contribution in [-0.2, 0) is 11.2 Å². The number of carboxylic acid groups (broad SMARTS) is 1. The Kier molecular flexibility index (Phi) is 6.33. The van der Waals surface area contributed by atoms with Gasteiger partial charge in [0.05, 0.1) is 5.69 Å². The molecule has 26 heavy (non-hydrogen) atoms. The van der Waals surface area contributed by atoms with E-state index in [9.17, 15) is 14.7 Å². The summed E-state index contributed by atoms with van der Waals surface area (Å²) in [5.41, 5.74) is 0.0528. The van der Waals surface area contributed by atoms with Gasteiger partial charge in [-0.1, -0.05) is 18.7 Å². The van der Waals surface area contributed by atoms with E-state index in [1.54, 1.807) is 4.90 Å². The third-order valence-corrected chi connectivity index (χ3v) is 4.42. The zero-order chi connectivity index (χ0) is 19.5. The van der Waals surface area contributed by atoms with Crippen LogP contribution in [0.25, 0.3) is 0 Å². The number of thioether (sulfide) groups is 1. The summed E-state index contributed by atoms with van der Waals surface area (Å²) < 4.78 is 5.39. The zero-order valence-electron chi connectivity index (χ0n) is 15.8. The van der Waals surface area contributed by atoms with E-state index >= 15 is 0 Å². The molecule has 1 aromatic heterocycles. The number of rotatable bonds is 5. The van der Waals surface area contributed by atoms with Crippen LogP contribution in [0, 0.1) is 0 Å². The Morgan fingerprint density at radius 1 is 1.38 bits per heavy atom. The van der Waals surface area contributed by atoms with E-state index in [-0.39, 0.29) is 17.7 Å². The molecule has 1 amide bonds. The molecule has 1 aliphatic heterocycles. The van der Waals surface area contributed by atoms with Gasteiger partial charge in [0.1, 0.15) is 17.0 Å². The Morgan fingerprint density at radius 2 is 2.08 bits per heavy atom. The minimum absolute atomic E-state index is 0.0880. The molecule has 1 saturated heterocycles. The monoisotopic (exact) mass is 382 g/mol. The lowest BCUT2D eigenvalue weighted by molar-refractivity contribution is 0.0293. The lowest BCUT2D eigenvalue weighted by atomic mass is 10.1. The fraction of sp³-hybridized carbons (Fsp3) is 0.647. The first-order chi connectivity index (χ1) is 12.1. The lowest BCUT2D eigenvalue weighted by Gasteiger charge is -2.24. The van der Waals surface area contributed by atoms with Crippen LogP contribution in [0.5, 0.6) is 0 Å². The number of hydrogen-bond donors (Lipinski definition) is 2. The number of aromatic carboxylic acids is 1. The van der Waals surface area contributed by atoms with Gasteiger partial charge in [0.25, 0.3) is 0 Å². The van der Waals surface area contributed by atoms with Gasteiger partial charge in [-0.2, -0.15) is 0 Å². The van der Waals surface area contributed by atoms with Crippen LogP contribution >= 0.6 is 11.8 Å². The first kappa shape index (κ1) is 20.3. The average molecular weight is 382 g/mol. The number of aromatic nitrogens is 2. The van der Waals surface area contributed by atoms with Crippen LogP contribution in [-0.4, -0.2) is 63.0 Å². The Labute approximate surface area is 157 Å². The summed E-state index contributed by atoms with van der Waals surface area (Å²) in [5, 5.41) is 13.3. The van der Waals surface area contributed by atoms with E-state index in [1.807, 2.05) is 34.0 Å². The molecule has 1 aliphatic rings. The number of ether oxygens (including phenoxy) is 1. The van der Waals surface area contributed by atoms with Gasteiger partial charge >= 0.3 is 12.1 Å². The minimum atomic E-state index is -1.06. The number of carbonyl (C=O) groups excluding carboxylic acids is 1. The molecule has 1 unspecified atom stereocenters. The van der Waals surface area contributed by atoms with Crippen LogP contribution in [0.1, 0.15) is 50.2 Å². The topological polar surface area (TPSA) is 105 Å². The standard InChI is InChI=1S/C17H26N4O4S/c1-6-11-12(14(22)23)13(20-15(19-11)26-5)18-10-7-8-21(9-10)16(24)25-17(2,3)4/h10H,6-9H2,1-5H3,(H,22,23)(H,18,19,20). The van der Waals surface area contributed by atoms with Crippen LogP contribution in [0.4, 0.5) is 10.6 Å². The molecule has 0 aromatic carbocycles. The number of hydrogen-bond acceptors (Lipinski definition) is 7. The first-order valence-electron chi connectivity index (χ1n) is 8.57. The molecule has 1 aromatic rings. The van der Waals surface area contributed by atoms with Crippen LogP contribution < -0.4 is 5.32 Å². The highest BCUT2D eigenvalue weighted by atomic mass is 32.2. The van der Waals surface area contributed by atoms with Crippen molar-refractivity contribution >= 4 is 29.6 Å². The first-order valence-corrected chi connectivity index (χ1v) is 9.79. The maximum absolute atomic E-state index is 12.2. The number of carbonyl (C=O) groups is 2. The highest BCUT2D eigenvalue weighted by Crippen LogP contribution is 2.24. The number of carboxylic acids is 1. The van der Waals surface area contributed by atoms with Gasteiger partial charge in [0.2, 0.25) is 0 Å². The summed E-state index contributed by atoms with van der Waals surface area (Å²) in [7, 11) is 0. The summed E-state index contributed by atoms with van der Waals surface area (Å²) in [6.45, 7) is 8.33. The number of anilines is 1. The second-order valence-electron chi connectivity index (χ2n) is 7.10. The second-order valence-corrected chi connectivity index (χ2v) is 7.87.